The van der Waals surface area contributed by atoms with Crippen LogP contribution in [-0.2, 0) is 9.59 Å². The van der Waals surface area contributed by atoms with Crippen molar-refractivity contribution in [1.82, 2.24) is 0 Å². The Morgan fingerprint density at radius 1 is 1.06 bits per heavy atom. The minimum absolute atomic E-state index is 0.109. The molecule has 2 aliphatic rings. The van der Waals surface area contributed by atoms with E-state index in [0.29, 0.717) is 0 Å². The van der Waals surface area contributed by atoms with Crippen molar-refractivity contribution >= 4 is 35.0 Å². The van der Waals surface area contributed by atoms with Crippen LogP contribution in [0.2, 0.25) is 0 Å². The van der Waals surface area contributed by atoms with Crippen LogP contribution in [0.3, 0.4) is 0 Å². The van der Waals surface area contributed by atoms with Crippen LogP contribution in [0.25, 0.3) is 0 Å². The van der Waals surface area contributed by atoms with Gasteiger partial charge in [-0.25, -0.2) is 0 Å². The first-order valence-electron chi connectivity index (χ1n) is 6.96. The number of aldehydes is 2. The van der Waals surface area contributed by atoms with Gasteiger partial charge in [0.25, 0.3) is 0 Å². The molecule has 2 fully saturated rings. The minimum Gasteiger partial charge on any atom is -0.303 e. The van der Waals surface area contributed by atoms with Crippen molar-refractivity contribution in [2.24, 2.45) is 11.3 Å². The third-order valence-corrected chi connectivity index (χ3v) is 7.17. The second kappa shape index (κ2) is 6.00. The normalized spacial score (nSPS) is 35.9. The van der Waals surface area contributed by atoms with Gasteiger partial charge in [0.2, 0.25) is 0 Å². The van der Waals surface area contributed by atoms with E-state index in [0.717, 1.165) is 57.7 Å². The monoisotopic (exact) mass is 286 g/mol. The maximum absolute atomic E-state index is 11.8. The molecule has 0 bridgehead atoms. The number of thiol groups is 1. The van der Waals surface area contributed by atoms with E-state index in [4.69, 9.17) is 0 Å². The highest BCUT2D eigenvalue weighted by atomic mass is 33.1. The van der Waals surface area contributed by atoms with Gasteiger partial charge >= 0.3 is 0 Å². The molecule has 2 aliphatic carbocycles. The summed E-state index contributed by atoms with van der Waals surface area (Å²) in [6.07, 6.45) is 11.7. The van der Waals surface area contributed by atoms with Crippen molar-refractivity contribution in [3.63, 3.8) is 0 Å². The molecule has 2 unspecified atom stereocenters. The molecular weight excluding hydrogens is 264 g/mol. The third kappa shape index (κ3) is 2.38. The summed E-state index contributed by atoms with van der Waals surface area (Å²) >= 11 is 4.49. The summed E-state index contributed by atoms with van der Waals surface area (Å²) in [5.74, 6) is 0.122. The van der Waals surface area contributed by atoms with Crippen LogP contribution in [0.1, 0.15) is 57.8 Å². The van der Waals surface area contributed by atoms with Crippen molar-refractivity contribution < 1.29 is 9.59 Å². The summed E-state index contributed by atoms with van der Waals surface area (Å²) in [5, 5.41) is 0. The largest absolute Gasteiger partial charge is 0.303 e. The Morgan fingerprint density at radius 2 is 1.78 bits per heavy atom. The van der Waals surface area contributed by atoms with Gasteiger partial charge in [0.15, 0.2) is 0 Å². The van der Waals surface area contributed by atoms with Crippen LogP contribution in [0.5, 0.6) is 0 Å². The highest BCUT2D eigenvalue weighted by molar-refractivity contribution is 8.69. The molecule has 0 spiro atoms. The second-order valence-corrected chi connectivity index (χ2v) is 7.42. The molecular formula is C14H22O2S2. The number of hydrogen-bond acceptors (Lipinski definition) is 4. The van der Waals surface area contributed by atoms with Crippen molar-refractivity contribution in [3.05, 3.63) is 0 Å². The fourth-order valence-corrected chi connectivity index (χ4v) is 5.88. The Bertz CT molecular complexity index is 313. The van der Waals surface area contributed by atoms with Crippen molar-refractivity contribution in [3.8, 4) is 0 Å². The summed E-state index contributed by atoms with van der Waals surface area (Å²) in [4.78, 5) is 22.9. The first-order chi connectivity index (χ1) is 8.72. The summed E-state index contributed by atoms with van der Waals surface area (Å²) in [5.41, 5.74) is -0.237. The standard InChI is InChI=1S/C14H22O2S2/c15-10-12-5-4-8-14(9-12,18-17)13(11-16)6-2-1-3-7-13/h10-12,17H,1-9H2. The Morgan fingerprint density at radius 3 is 2.33 bits per heavy atom. The van der Waals surface area contributed by atoms with Crippen LogP contribution < -0.4 is 0 Å². The topological polar surface area (TPSA) is 34.1 Å². The van der Waals surface area contributed by atoms with Crippen LogP contribution in [0.15, 0.2) is 0 Å². The zero-order valence-electron chi connectivity index (χ0n) is 10.8. The van der Waals surface area contributed by atoms with Crippen LogP contribution in [0.4, 0.5) is 0 Å². The first kappa shape index (κ1) is 14.4. The van der Waals surface area contributed by atoms with Gasteiger partial charge in [-0.05, 0) is 32.1 Å². The van der Waals surface area contributed by atoms with Crippen molar-refractivity contribution in [2.75, 3.05) is 0 Å². The van der Waals surface area contributed by atoms with Gasteiger partial charge in [0.1, 0.15) is 12.6 Å². The Balaban J connectivity index is 2.28. The summed E-state index contributed by atoms with van der Waals surface area (Å²) in [6.45, 7) is 0. The molecule has 2 atom stereocenters. The smallest absolute Gasteiger partial charge is 0.127 e. The molecule has 2 nitrogen and oxygen atoms in total. The quantitative estimate of drug-likeness (QED) is 0.484. The molecule has 2 saturated carbocycles. The molecule has 0 aromatic rings. The van der Waals surface area contributed by atoms with E-state index >= 15 is 0 Å². The first-order valence-corrected chi connectivity index (χ1v) is 8.83. The highest BCUT2D eigenvalue weighted by Gasteiger charge is 2.53. The lowest BCUT2D eigenvalue weighted by Gasteiger charge is -2.51. The zero-order valence-corrected chi connectivity index (χ0v) is 12.5. The third-order valence-electron chi connectivity index (χ3n) is 4.99. The number of carbonyl (C=O) groups excluding carboxylic acids is 2. The van der Waals surface area contributed by atoms with Gasteiger partial charge in [0, 0.05) is 16.1 Å². The summed E-state index contributed by atoms with van der Waals surface area (Å²) < 4.78 is -0.109. The lowest BCUT2D eigenvalue weighted by molar-refractivity contribution is -0.122. The summed E-state index contributed by atoms with van der Waals surface area (Å²) in [7, 11) is 1.55. The lowest BCUT2D eigenvalue weighted by atomic mass is 9.60. The van der Waals surface area contributed by atoms with E-state index in [1.54, 1.807) is 10.8 Å². The predicted octanol–water partition coefficient (Wildman–Crippen LogP) is 3.84. The number of hydrogen-bond donors (Lipinski definition) is 1. The van der Waals surface area contributed by atoms with Gasteiger partial charge < -0.3 is 9.59 Å². The molecule has 0 aromatic heterocycles. The lowest BCUT2D eigenvalue weighted by Crippen LogP contribution is -2.50. The molecule has 18 heavy (non-hydrogen) atoms. The molecule has 0 aromatic carbocycles. The predicted molar refractivity (Wildman–Crippen MR) is 78.9 cm³/mol. The zero-order chi connectivity index (χ0) is 13.1. The van der Waals surface area contributed by atoms with Gasteiger partial charge in [0.05, 0.1) is 0 Å². The van der Waals surface area contributed by atoms with Crippen LogP contribution in [-0.4, -0.2) is 17.3 Å². The molecule has 0 aliphatic heterocycles. The average Bonchev–Trinajstić information content (AvgIpc) is 2.47. The molecule has 0 amide bonds. The second-order valence-electron chi connectivity index (χ2n) is 5.91. The SMILES string of the molecule is O=CC1CCCC(SS)(C2(C=O)CCCCC2)C1. The molecule has 2 rings (SSSR count). The van der Waals surface area contributed by atoms with Gasteiger partial charge in [-0.15, -0.1) is 11.7 Å². The molecule has 0 radical (unpaired) electrons. The van der Waals surface area contributed by atoms with Crippen LogP contribution in [0, 0.1) is 11.3 Å². The van der Waals surface area contributed by atoms with E-state index in [-0.39, 0.29) is 16.1 Å². The maximum Gasteiger partial charge on any atom is 0.127 e. The average molecular weight is 286 g/mol. The Hall–Kier alpha value is 0.0400. The van der Waals surface area contributed by atoms with Gasteiger partial charge in [-0.3, -0.25) is 0 Å². The number of rotatable bonds is 4. The molecule has 0 N–H and O–H groups in total. The molecule has 0 heterocycles. The minimum atomic E-state index is -0.237. The van der Waals surface area contributed by atoms with E-state index in [1.165, 1.54) is 12.7 Å². The van der Waals surface area contributed by atoms with E-state index in [2.05, 4.69) is 11.7 Å². The van der Waals surface area contributed by atoms with E-state index < -0.39 is 0 Å². The van der Waals surface area contributed by atoms with Crippen LogP contribution >= 0.6 is 22.5 Å². The fourth-order valence-electron chi connectivity index (χ4n) is 3.88. The van der Waals surface area contributed by atoms with Gasteiger partial charge in [-0.2, -0.15) is 0 Å². The molecule has 4 heteroatoms. The van der Waals surface area contributed by atoms with Crippen molar-refractivity contribution in [2.45, 2.75) is 62.5 Å². The van der Waals surface area contributed by atoms with E-state index in [1.807, 2.05) is 0 Å². The number of carbonyl (C=O) groups is 2. The van der Waals surface area contributed by atoms with Gasteiger partial charge in [-0.1, -0.05) is 36.5 Å². The van der Waals surface area contributed by atoms with Crippen molar-refractivity contribution in [1.29, 1.82) is 0 Å². The summed E-state index contributed by atoms with van der Waals surface area (Å²) in [6, 6.07) is 0. The maximum atomic E-state index is 11.8. The fraction of sp³-hybridized carbons (Fsp3) is 0.857. The molecule has 102 valence electrons. The van der Waals surface area contributed by atoms with E-state index in [9.17, 15) is 9.59 Å². The molecule has 0 saturated heterocycles. The highest BCUT2D eigenvalue weighted by Crippen LogP contribution is 2.58. The Kier molecular flexibility index (Phi) is 4.81. The Labute approximate surface area is 118 Å².